The molecule has 1 nitrogen and oxygen atoms in total. The summed E-state index contributed by atoms with van der Waals surface area (Å²) in [6.45, 7) is 4.38. The monoisotopic (exact) mass is 351 g/mol. The third-order valence-corrected chi connectivity index (χ3v) is 4.24. The van der Waals surface area contributed by atoms with Crippen molar-refractivity contribution < 1.29 is 0 Å². The highest BCUT2D eigenvalue weighted by Crippen LogP contribution is 2.24. The SMILES string of the molecule is CCC(N[C@@H](C)c1ccc(Br)cc1)c1cccc(Cl)c1. The van der Waals surface area contributed by atoms with Crippen molar-refractivity contribution >= 4 is 27.5 Å². The molecule has 2 aromatic carbocycles. The van der Waals surface area contributed by atoms with Gasteiger partial charge in [-0.2, -0.15) is 0 Å². The van der Waals surface area contributed by atoms with Crippen LogP contribution in [-0.2, 0) is 0 Å². The number of hydrogen-bond acceptors (Lipinski definition) is 1. The predicted octanol–water partition coefficient (Wildman–Crippen LogP) is 5.90. The van der Waals surface area contributed by atoms with Gasteiger partial charge in [0.15, 0.2) is 0 Å². The smallest absolute Gasteiger partial charge is 0.0409 e. The first kappa shape index (κ1) is 15.6. The molecule has 0 aliphatic carbocycles. The van der Waals surface area contributed by atoms with Crippen molar-refractivity contribution in [2.75, 3.05) is 0 Å². The summed E-state index contributed by atoms with van der Waals surface area (Å²) in [6.07, 6.45) is 1.03. The minimum Gasteiger partial charge on any atom is -0.303 e. The molecule has 106 valence electrons. The molecule has 0 amide bonds. The van der Waals surface area contributed by atoms with Gasteiger partial charge in [0.05, 0.1) is 0 Å². The standard InChI is InChI=1S/C17H19BrClN/c1-3-17(14-5-4-6-16(19)11-14)20-12(2)13-7-9-15(18)10-8-13/h4-12,17,20H,3H2,1-2H3/t12-,17?/m0/s1. The Morgan fingerprint density at radius 2 is 1.80 bits per heavy atom. The molecule has 2 rings (SSSR count). The second-order valence-corrected chi connectivity index (χ2v) is 6.31. The first-order chi connectivity index (χ1) is 9.60. The molecule has 20 heavy (non-hydrogen) atoms. The molecular weight excluding hydrogens is 334 g/mol. The van der Waals surface area contributed by atoms with Crippen LogP contribution in [0.1, 0.15) is 43.5 Å². The molecule has 0 aliphatic rings. The molecule has 0 saturated carbocycles. The van der Waals surface area contributed by atoms with Gasteiger partial charge in [0.1, 0.15) is 0 Å². The molecule has 0 aromatic heterocycles. The zero-order valence-corrected chi connectivity index (χ0v) is 14.1. The van der Waals surface area contributed by atoms with E-state index in [1.54, 1.807) is 0 Å². The minimum absolute atomic E-state index is 0.298. The van der Waals surface area contributed by atoms with E-state index >= 15 is 0 Å². The van der Waals surface area contributed by atoms with Gasteiger partial charge in [-0.15, -0.1) is 0 Å². The summed E-state index contributed by atoms with van der Waals surface area (Å²) in [6, 6.07) is 17.1. The summed E-state index contributed by atoms with van der Waals surface area (Å²) < 4.78 is 1.11. The third-order valence-electron chi connectivity index (χ3n) is 3.48. The second-order valence-electron chi connectivity index (χ2n) is 4.96. The number of nitrogens with one attached hydrogen (secondary N) is 1. The van der Waals surface area contributed by atoms with Gasteiger partial charge in [0.25, 0.3) is 0 Å². The topological polar surface area (TPSA) is 12.0 Å². The van der Waals surface area contributed by atoms with E-state index in [9.17, 15) is 0 Å². The van der Waals surface area contributed by atoms with Crippen LogP contribution in [0.15, 0.2) is 53.0 Å². The third kappa shape index (κ3) is 4.08. The Labute approximate surface area is 134 Å². The van der Waals surface area contributed by atoms with Crippen LogP contribution in [0.2, 0.25) is 5.02 Å². The number of hydrogen-bond donors (Lipinski definition) is 1. The van der Waals surface area contributed by atoms with Gasteiger partial charge in [0, 0.05) is 21.6 Å². The van der Waals surface area contributed by atoms with Gasteiger partial charge >= 0.3 is 0 Å². The average Bonchev–Trinajstić information content (AvgIpc) is 2.45. The summed E-state index contributed by atoms with van der Waals surface area (Å²) >= 11 is 9.55. The molecule has 0 saturated heterocycles. The van der Waals surface area contributed by atoms with Gasteiger partial charge in [-0.05, 0) is 48.7 Å². The highest BCUT2D eigenvalue weighted by Gasteiger charge is 2.14. The molecule has 0 spiro atoms. The van der Waals surface area contributed by atoms with E-state index in [-0.39, 0.29) is 0 Å². The molecule has 3 heteroatoms. The summed E-state index contributed by atoms with van der Waals surface area (Å²) in [5.74, 6) is 0. The second kappa shape index (κ2) is 7.26. The molecule has 1 N–H and O–H groups in total. The molecule has 0 fully saturated rings. The van der Waals surface area contributed by atoms with Crippen LogP contribution < -0.4 is 5.32 Å². The molecule has 0 heterocycles. The fourth-order valence-electron chi connectivity index (χ4n) is 2.32. The maximum absolute atomic E-state index is 6.08. The average molecular weight is 353 g/mol. The van der Waals surface area contributed by atoms with Crippen LogP contribution in [0.3, 0.4) is 0 Å². The Kier molecular flexibility index (Phi) is 5.64. The van der Waals surface area contributed by atoms with Gasteiger partial charge in [-0.3, -0.25) is 0 Å². The molecule has 0 aliphatic heterocycles. The van der Waals surface area contributed by atoms with E-state index < -0.39 is 0 Å². The fourth-order valence-corrected chi connectivity index (χ4v) is 2.79. The van der Waals surface area contributed by atoms with E-state index in [2.05, 4.69) is 65.4 Å². The van der Waals surface area contributed by atoms with Crippen molar-refractivity contribution in [1.29, 1.82) is 0 Å². The predicted molar refractivity (Wildman–Crippen MR) is 90.2 cm³/mol. The molecule has 1 unspecified atom stereocenters. The normalized spacial score (nSPS) is 14.0. The molecule has 0 bridgehead atoms. The van der Waals surface area contributed by atoms with Crippen molar-refractivity contribution in [3.05, 3.63) is 69.2 Å². The molecule has 2 aromatic rings. The van der Waals surface area contributed by atoms with Gasteiger partial charge in [-0.25, -0.2) is 0 Å². The Balaban J connectivity index is 2.11. The molecular formula is C17H19BrClN. The van der Waals surface area contributed by atoms with E-state index in [4.69, 9.17) is 11.6 Å². The first-order valence-corrected chi connectivity index (χ1v) is 8.04. The number of rotatable bonds is 5. The lowest BCUT2D eigenvalue weighted by Crippen LogP contribution is -2.24. The quantitative estimate of drug-likeness (QED) is 0.706. The van der Waals surface area contributed by atoms with Crippen molar-refractivity contribution in [3.8, 4) is 0 Å². The first-order valence-electron chi connectivity index (χ1n) is 6.87. The van der Waals surface area contributed by atoms with E-state index in [1.165, 1.54) is 11.1 Å². The Bertz CT molecular complexity index is 553. The van der Waals surface area contributed by atoms with Crippen LogP contribution in [0.4, 0.5) is 0 Å². The summed E-state index contributed by atoms with van der Waals surface area (Å²) in [7, 11) is 0. The highest BCUT2D eigenvalue weighted by molar-refractivity contribution is 9.10. The summed E-state index contributed by atoms with van der Waals surface area (Å²) in [5.41, 5.74) is 2.53. The van der Waals surface area contributed by atoms with Crippen LogP contribution >= 0.6 is 27.5 Å². The number of benzene rings is 2. The largest absolute Gasteiger partial charge is 0.303 e. The number of halogens is 2. The lowest BCUT2D eigenvalue weighted by atomic mass is 10.0. The Morgan fingerprint density at radius 1 is 1.10 bits per heavy atom. The lowest BCUT2D eigenvalue weighted by molar-refractivity contribution is 0.456. The van der Waals surface area contributed by atoms with Crippen molar-refractivity contribution in [2.45, 2.75) is 32.4 Å². The van der Waals surface area contributed by atoms with Crippen molar-refractivity contribution in [3.63, 3.8) is 0 Å². The maximum Gasteiger partial charge on any atom is 0.0409 e. The van der Waals surface area contributed by atoms with Crippen LogP contribution in [0, 0.1) is 0 Å². The van der Waals surface area contributed by atoms with Crippen LogP contribution in [-0.4, -0.2) is 0 Å². The van der Waals surface area contributed by atoms with E-state index in [0.717, 1.165) is 15.9 Å². The summed E-state index contributed by atoms with van der Waals surface area (Å²) in [5, 5.41) is 4.46. The lowest BCUT2D eigenvalue weighted by Gasteiger charge is -2.23. The van der Waals surface area contributed by atoms with E-state index in [1.807, 2.05) is 18.2 Å². The van der Waals surface area contributed by atoms with Gasteiger partial charge in [0.2, 0.25) is 0 Å². The highest BCUT2D eigenvalue weighted by atomic mass is 79.9. The maximum atomic E-state index is 6.08. The zero-order chi connectivity index (χ0) is 14.5. The van der Waals surface area contributed by atoms with Crippen molar-refractivity contribution in [1.82, 2.24) is 5.32 Å². The van der Waals surface area contributed by atoms with E-state index in [0.29, 0.717) is 12.1 Å². The molecule has 2 atom stereocenters. The minimum atomic E-state index is 0.298. The van der Waals surface area contributed by atoms with Gasteiger partial charge in [-0.1, -0.05) is 58.7 Å². The Hall–Kier alpha value is -0.830. The van der Waals surface area contributed by atoms with Crippen LogP contribution in [0.5, 0.6) is 0 Å². The zero-order valence-electron chi connectivity index (χ0n) is 11.7. The fraction of sp³-hybridized carbons (Fsp3) is 0.294. The van der Waals surface area contributed by atoms with Crippen LogP contribution in [0.25, 0.3) is 0 Å². The Morgan fingerprint density at radius 3 is 2.40 bits per heavy atom. The van der Waals surface area contributed by atoms with Crippen molar-refractivity contribution in [2.24, 2.45) is 0 Å². The molecule has 0 radical (unpaired) electrons. The summed E-state index contributed by atoms with van der Waals surface area (Å²) in [4.78, 5) is 0. The van der Waals surface area contributed by atoms with Gasteiger partial charge < -0.3 is 5.32 Å².